The summed E-state index contributed by atoms with van der Waals surface area (Å²) in [7, 11) is 4.01. The maximum atomic E-state index is 12.7. The van der Waals surface area contributed by atoms with Crippen molar-refractivity contribution in [3.05, 3.63) is 119 Å². The van der Waals surface area contributed by atoms with Gasteiger partial charge in [0, 0.05) is 71.1 Å². The summed E-state index contributed by atoms with van der Waals surface area (Å²) < 4.78 is 19.0. The fraction of sp³-hybridized carbons (Fsp3) is 0.133. The Morgan fingerprint density at radius 1 is 1.14 bits per heavy atom. The number of ether oxygens (including phenoxy) is 1. The third-order valence-electron chi connectivity index (χ3n) is 5.72. The van der Waals surface area contributed by atoms with Gasteiger partial charge in [-0.3, -0.25) is 4.98 Å². The van der Waals surface area contributed by atoms with Crippen molar-refractivity contribution in [2.24, 2.45) is 0 Å². The van der Waals surface area contributed by atoms with Crippen molar-refractivity contribution in [1.29, 1.82) is 0 Å². The standard InChI is InChI=1S/C30H28ClN3O2S/c1-5-10-28(34(3)4)25-17-21(2)33-30-24(25)13-9-14-29(30)36-20-26-22(18-32-19-27(26)31)15-16-37(35)23-11-7-6-8-12-23/h5-19H,1,20H2,2-4H3/b16-15+,28-10-. The molecule has 2 aromatic carbocycles. The van der Waals surface area contributed by atoms with Crippen molar-refractivity contribution in [2.75, 3.05) is 14.1 Å². The van der Waals surface area contributed by atoms with E-state index in [0.29, 0.717) is 10.8 Å². The summed E-state index contributed by atoms with van der Waals surface area (Å²) >= 11 is 5.23. The molecule has 0 saturated heterocycles. The lowest BCUT2D eigenvalue weighted by Crippen LogP contribution is -2.11. The molecule has 4 aromatic rings. The smallest absolute Gasteiger partial charge is 0.157 e. The van der Waals surface area contributed by atoms with Gasteiger partial charge in [-0.2, -0.15) is 0 Å². The van der Waals surface area contributed by atoms with Crippen LogP contribution in [0.3, 0.4) is 0 Å². The molecule has 2 aromatic heterocycles. The zero-order chi connectivity index (χ0) is 26.4. The van der Waals surface area contributed by atoms with Gasteiger partial charge < -0.3 is 14.2 Å². The molecule has 0 aliphatic heterocycles. The van der Waals surface area contributed by atoms with Crippen molar-refractivity contribution >= 4 is 45.5 Å². The molecule has 0 N–H and O–H groups in total. The number of rotatable bonds is 9. The van der Waals surface area contributed by atoms with E-state index in [1.54, 1.807) is 30.0 Å². The minimum Gasteiger partial charge on any atom is -0.607 e. The maximum absolute atomic E-state index is 12.7. The molecule has 0 radical (unpaired) electrons. The van der Waals surface area contributed by atoms with Gasteiger partial charge >= 0.3 is 0 Å². The number of aromatic nitrogens is 2. The lowest BCUT2D eigenvalue weighted by atomic mass is 10.0. The van der Waals surface area contributed by atoms with Crippen LogP contribution in [0.4, 0.5) is 0 Å². The molecular weight excluding hydrogens is 502 g/mol. The Morgan fingerprint density at radius 3 is 2.65 bits per heavy atom. The van der Waals surface area contributed by atoms with Gasteiger partial charge in [0.05, 0.1) is 5.02 Å². The monoisotopic (exact) mass is 529 g/mol. The molecule has 0 saturated carbocycles. The third kappa shape index (κ3) is 6.23. The average molecular weight is 530 g/mol. The topological polar surface area (TPSA) is 61.3 Å². The first-order chi connectivity index (χ1) is 17.9. The van der Waals surface area contributed by atoms with E-state index in [4.69, 9.17) is 21.3 Å². The van der Waals surface area contributed by atoms with E-state index in [0.717, 1.165) is 43.9 Å². The van der Waals surface area contributed by atoms with Crippen LogP contribution in [-0.4, -0.2) is 33.5 Å². The molecule has 188 valence electrons. The second-order valence-corrected chi connectivity index (χ2v) is 10.3. The number of para-hydroxylation sites is 1. The lowest BCUT2D eigenvalue weighted by molar-refractivity contribution is 0.309. The molecule has 0 bridgehead atoms. The Kier molecular flexibility index (Phi) is 8.66. The summed E-state index contributed by atoms with van der Waals surface area (Å²) in [6.07, 6.45) is 8.81. The van der Waals surface area contributed by atoms with E-state index in [-0.39, 0.29) is 6.61 Å². The number of hydrogen-bond donors (Lipinski definition) is 0. The average Bonchev–Trinajstić information content (AvgIpc) is 2.89. The number of benzene rings is 2. The van der Waals surface area contributed by atoms with Crippen LogP contribution in [0.2, 0.25) is 5.02 Å². The van der Waals surface area contributed by atoms with Gasteiger partial charge in [0.1, 0.15) is 23.3 Å². The van der Waals surface area contributed by atoms with Gasteiger partial charge in [0.15, 0.2) is 4.90 Å². The molecule has 0 aliphatic carbocycles. The van der Waals surface area contributed by atoms with Crippen LogP contribution in [0.25, 0.3) is 22.7 Å². The van der Waals surface area contributed by atoms with Crippen LogP contribution in [0.1, 0.15) is 22.4 Å². The first-order valence-corrected chi connectivity index (χ1v) is 13.3. The maximum Gasteiger partial charge on any atom is 0.157 e. The summed E-state index contributed by atoms with van der Waals surface area (Å²) in [5, 5.41) is 3.08. The molecule has 1 atom stereocenters. The Labute approximate surface area is 226 Å². The zero-order valence-electron chi connectivity index (χ0n) is 21.0. The number of halogens is 1. The summed E-state index contributed by atoms with van der Waals surface area (Å²) in [6, 6.07) is 17.2. The Balaban J connectivity index is 1.66. The first kappa shape index (κ1) is 26.5. The van der Waals surface area contributed by atoms with Crippen molar-refractivity contribution in [3.8, 4) is 5.75 Å². The number of pyridine rings is 2. The van der Waals surface area contributed by atoms with Gasteiger partial charge in [-0.1, -0.05) is 54.6 Å². The van der Waals surface area contributed by atoms with Crippen LogP contribution in [0.15, 0.2) is 96.0 Å². The summed E-state index contributed by atoms with van der Waals surface area (Å²) in [6.45, 7) is 6.03. The van der Waals surface area contributed by atoms with Gasteiger partial charge in [0.25, 0.3) is 0 Å². The van der Waals surface area contributed by atoms with Crippen molar-refractivity contribution in [1.82, 2.24) is 14.9 Å². The second kappa shape index (κ2) is 12.1. The molecule has 0 spiro atoms. The second-order valence-electron chi connectivity index (χ2n) is 8.54. The highest BCUT2D eigenvalue weighted by molar-refractivity contribution is 7.94. The minimum atomic E-state index is -1.29. The van der Waals surface area contributed by atoms with Gasteiger partial charge in [-0.15, -0.1) is 0 Å². The van der Waals surface area contributed by atoms with Gasteiger partial charge in [0.2, 0.25) is 0 Å². The molecule has 1 unspecified atom stereocenters. The van der Waals surface area contributed by atoms with E-state index >= 15 is 0 Å². The molecule has 4 rings (SSSR count). The Hall–Kier alpha value is -3.58. The summed E-state index contributed by atoms with van der Waals surface area (Å²) in [5.41, 5.74) is 5.21. The molecular formula is C30H28ClN3O2S. The predicted molar refractivity (Wildman–Crippen MR) is 154 cm³/mol. The van der Waals surface area contributed by atoms with E-state index in [1.807, 2.05) is 75.6 Å². The molecule has 0 aliphatic rings. The molecule has 2 heterocycles. The SMILES string of the molecule is C=C/C=C(/c1cc(C)nc2c(OCc3c(Cl)cncc3/C=C/[S+]([O-])c3ccccc3)cccc12)N(C)C. The molecule has 0 fully saturated rings. The molecule has 37 heavy (non-hydrogen) atoms. The van der Waals surface area contributed by atoms with Crippen molar-refractivity contribution < 1.29 is 9.29 Å². The first-order valence-electron chi connectivity index (χ1n) is 11.7. The fourth-order valence-electron chi connectivity index (χ4n) is 3.96. The van der Waals surface area contributed by atoms with Crippen LogP contribution in [-0.2, 0) is 17.8 Å². The number of allylic oxidation sites excluding steroid dienone is 2. The normalized spacial score (nSPS) is 12.6. The zero-order valence-corrected chi connectivity index (χ0v) is 22.6. The quantitative estimate of drug-likeness (QED) is 0.172. The lowest BCUT2D eigenvalue weighted by Gasteiger charge is -2.20. The van der Waals surface area contributed by atoms with Gasteiger partial charge in [-0.05, 0) is 43.3 Å². The highest BCUT2D eigenvalue weighted by atomic mass is 35.5. The number of hydrogen-bond acceptors (Lipinski definition) is 5. The van der Waals surface area contributed by atoms with E-state index in [1.165, 1.54) is 0 Å². The van der Waals surface area contributed by atoms with Crippen LogP contribution >= 0.6 is 11.6 Å². The van der Waals surface area contributed by atoms with E-state index < -0.39 is 11.2 Å². The number of nitrogens with zero attached hydrogens (tertiary/aromatic N) is 3. The highest BCUT2D eigenvalue weighted by Gasteiger charge is 2.15. The predicted octanol–water partition coefficient (Wildman–Crippen LogP) is 7.04. The van der Waals surface area contributed by atoms with E-state index in [2.05, 4.69) is 22.5 Å². The fourth-order valence-corrected chi connectivity index (χ4v) is 5.03. The van der Waals surface area contributed by atoms with Crippen LogP contribution < -0.4 is 4.74 Å². The Bertz CT molecular complexity index is 1470. The molecule has 0 amide bonds. The Morgan fingerprint density at radius 2 is 1.92 bits per heavy atom. The number of fused-ring (bicyclic) bond motifs is 1. The van der Waals surface area contributed by atoms with Crippen LogP contribution in [0.5, 0.6) is 5.75 Å². The molecule has 7 heteroatoms. The molecule has 5 nitrogen and oxygen atoms in total. The summed E-state index contributed by atoms with van der Waals surface area (Å²) in [5.74, 6) is 0.648. The minimum absolute atomic E-state index is 0.200. The largest absolute Gasteiger partial charge is 0.607 e. The van der Waals surface area contributed by atoms with E-state index in [9.17, 15) is 4.55 Å². The van der Waals surface area contributed by atoms with Crippen molar-refractivity contribution in [2.45, 2.75) is 18.4 Å². The van der Waals surface area contributed by atoms with Gasteiger partial charge in [-0.25, -0.2) is 4.98 Å². The third-order valence-corrected chi connectivity index (χ3v) is 7.17. The number of aryl methyl sites for hydroxylation is 1. The van der Waals surface area contributed by atoms with Crippen molar-refractivity contribution in [3.63, 3.8) is 0 Å². The highest BCUT2D eigenvalue weighted by Crippen LogP contribution is 2.33. The van der Waals surface area contributed by atoms with Crippen LogP contribution in [0, 0.1) is 6.92 Å². The summed E-state index contributed by atoms with van der Waals surface area (Å²) in [4.78, 5) is 11.8.